The van der Waals surface area contributed by atoms with Crippen LogP contribution < -0.4 is 0 Å². The zero-order valence-corrected chi connectivity index (χ0v) is 14.3. The first kappa shape index (κ1) is 17.7. The van der Waals surface area contributed by atoms with Crippen molar-refractivity contribution in [3.63, 3.8) is 0 Å². The Hall–Kier alpha value is -0.263. The van der Waals surface area contributed by atoms with Crippen molar-refractivity contribution in [2.45, 2.75) is 90.5 Å². The molecular weight excluding hydrogens is 236 g/mol. The van der Waals surface area contributed by atoms with Crippen molar-refractivity contribution in [2.24, 2.45) is 0 Å². The Kier molecular flexibility index (Phi) is 7.90. The summed E-state index contributed by atoms with van der Waals surface area (Å²) in [5.41, 5.74) is 0. The third-order valence-corrected chi connectivity index (χ3v) is 8.53. The summed E-state index contributed by atoms with van der Waals surface area (Å²) >= 11 is 0. The maximum atomic E-state index is 6.52. The molecule has 0 radical (unpaired) electrons. The van der Waals surface area contributed by atoms with E-state index in [1.165, 1.54) is 19.3 Å². The maximum absolute atomic E-state index is 6.52. The minimum atomic E-state index is -1.63. The average Bonchev–Trinajstić information content (AvgIpc) is 2.24. The van der Waals surface area contributed by atoms with Crippen molar-refractivity contribution in [1.82, 2.24) is 0 Å². The van der Waals surface area contributed by atoms with E-state index < -0.39 is 8.32 Å². The Labute approximate surface area is 116 Å². The van der Waals surface area contributed by atoms with Crippen LogP contribution >= 0.6 is 0 Å². The van der Waals surface area contributed by atoms with Gasteiger partial charge in [0.15, 0.2) is 8.32 Å². The number of unbranched alkanes of at least 4 members (excludes halogenated alkanes) is 2. The fraction of sp³-hybridized carbons (Fsp3) is 0.875. The van der Waals surface area contributed by atoms with Crippen LogP contribution in [0.15, 0.2) is 0 Å². The number of hydrogen-bond donors (Lipinski definition) is 0. The molecule has 1 atom stereocenters. The molecule has 1 nitrogen and oxygen atoms in total. The van der Waals surface area contributed by atoms with Crippen LogP contribution in [0.4, 0.5) is 0 Å². The van der Waals surface area contributed by atoms with Crippen molar-refractivity contribution < 1.29 is 4.43 Å². The number of hydrogen-bond acceptors (Lipinski definition) is 1. The predicted octanol–water partition coefficient (Wildman–Crippen LogP) is 5.37. The minimum absolute atomic E-state index is 0.295. The van der Waals surface area contributed by atoms with Crippen LogP contribution in [0.25, 0.3) is 0 Å². The highest BCUT2D eigenvalue weighted by atomic mass is 28.4. The highest BCUT2D eigenvalue weighted by Gasteiger charge is 2.38. The van der Waals surface area contributed by atoms with E-state index in [2.05, 4.69) is 46.7 Å². The largest absolute Gasteiger partial charge is 0.414 e. The monoisotopic (exact) mass is 268 g/mol. The second-order valence-electron chi connectivity index (χ2n) is 6.74. The maximum Gasteiger partial charge on any atom is 0.192 e. The second kappa shape index (κ2) is 8.02. The van der Waals surface area contributed by atoms with Gasteiger partial charge in [-0.05, 0) is 37.4 Å². The highest BCUT2D eigenvalue weighted by Crippen LogP contribution is 2.38. The van der Waals surface area contributed by atoms with Gasteiger partial charge >= 0.3 is 0 Å². The van der Waals surface area contributed by atoms with Gasteiger partial charge in [0, 0.05) is 12.5 Å². The second-order valence-corrected chi connectivity index (χ2v) is 11.5. The summed E-state index contributed by atoms with van der Waals surface area (Å²) in [7, 11) is -1.63. The van der Waals surface area contributed by atoms with E-state index in [0.29, 0.717) is 11.1 Å². The van der Waals surface area contributed by atoms with E-state index >= 15 is 0 Å². The molecule has 106 valence electrons. The Morgan fingerprint density at radius 2 is 1.72 bits per heavy atom. The lowest BCUT2D eigenvalue weighted by atomic mass is 10.1. The van der Waals surface area contributed by atoms with E-state index in [0.717, 1.165) is 19.3 Å². The summed E-state index contributed by atoms with van der Waals surface area (Å²) in [5, 5.41) is 0.295. The third kappa shape index (κ3) is 6.61. The Morgan fingerprint density at radius 1 is 1.17 bits per heavy atom. The summed E-state index contributed by atoms with van der Waals surface area (Å²) in [4.78, 5) is 0. The van der Waals surface area contributed by atoms with E-state index in [4.69, 9.17) is 10.8 Å². The topological polar surface area (TPSA) is 9.23 Å². The summed E-state index contributed by atoms with van der Waals surface area (Å²) in [5.74, 6) is 2.73. The fourth-order valence-corrected chi connectivity index (χ4v) is 3.14. The van der Waals surface area contributed by atoms with E-state index in [1.807, 2.05) is 0 Å². The Balaban J connectivity index is 4.43. The van der Waals surface area contributed by atoms with Gasteiger partial charge in [0.2, 0.25) is 0 Å². The standard InChI is InChI=1S/C16H32OSi/c1-8-10-12-14-15(13-11-9-2)17-18(6,7)16(3,4)5/h1,15H,9-14H2,2-7H3. The fourth-order valence-electron chi connectivity index (χ4n) is 1.72. The van der Waals surface area contributed by atoms with E-state index in [1.54, 1.807) is 0 Å². The smallest absolute Gasteiger partial charge is 0.192 e. The van der Waals surface area contributed by atoms with Gasteiger partial charge in [-0.3, -0.25) is 0 Å². The first-order valence-electron chi connectivity index (χ1n) is 7.36. The molecule has 0 rings (SSSR count). The summed E-state index contributed by atoms with van der Waals surface area (Å²) in [6.45, 7) is 13.8. The Bertz CT molecular complexity index is 257. The van der Waals surface area contributed by atoms with Crippen LogP contribution in [0.3, 0.4) is 0 Å². The van der Waals surface area contributed by atoms with E-state index in [9.17, 15) is 0 Å². The van der Waals surface area contributed by atoms with Gasteiger partial charge in [0.25, 0.3) is 0 Å². The quantitative estimate of drug-likeness (QED) is 0.327. The van der Waals surface area contributed by atoms with Crippen molar-refractivity contribution in [3.05, 3.63) is 0 Å². The molecule has 0 spiro atoms. The molecule has 2 heteroatoms. The predicted molar refractivity (Wildman–Crippen MR) is 84.3 cm³/mol. The van der Waals surface area contributed by atoms with Crippen LogP contribution in [-0.2, 0) is 4.43 Å². The summed E-state index contributed by atoms with van der Waals surface area (Å²) in [6.07, 6.45) is 12.5. The van der Waals surface area contributed by atoms with Gasteiger partial charge < -0.3 is 4.43 Å². The molecule has 0 fully saturated rings. The SMILES string of the molecule is C#CCCCC(CCCC)O[Si](C)(C)C(C)(C)C. The zero-order valence-electron chi connectivity index (χ0n) is 13.3. The van der Waals surface area contributed by atoms with Crippen LogP contribution in [0.1, 0.15) is 66.2 Å². The van der Waals surface area contributed by atoms with Gasteiger partial charge in [-0.15, -0.1) is 12.3 Å². The molecule has 0 aromatic heterocycles. The lowest BCUT2D eigenvalue weighted by Gasteiger charge is -2.39. The van der Waals surface area contributed by atoms with Gasteiger partial charge in [-0.25, -0.2) is 0 Å². The lowest BCUT2D eigenvalue weighted by Crippen LogP contribution is -2.44. The molecule has 1 unspecified atom stereocenters. The highest BCUT2D eigenvalue weighted by molar-refractivity contribution is 6.74. The van der Waals surface area contributed by atoms with Crippen LogP contribution in [-0.4, -0.2) is 14.4 Å². The van der Waals surface area contributed by atoms with Gasteiger partial charge in [0.05, 0.1) is 0 Å². The molecule has 0 N–H and O–H groups in total. The van der Waals surface area contributed by atoms with Crippen molar-refractivity contribution in [3.8, 4) is 12.3 Å². The Morgan fingerprint density at radius 3 is 2.17 bits per heavy atom. The normalized spacial score (nSPS) is 14.3. The molecule has 0 aliphatic carbocycles. The number of rotatable bonds is 8. The first-order chi connectivity index (χ1) is 8.24. The molecular formula is C16H32OSi. The molecule has 0 aliphatic rings. The van der Waals surface area contributed by atoms with Crippen molar-refractivity contribution in [2.75, 3.05) is 0 Å². The molecule has 0 aromatic carbocycles. The van der Waals surface area contributed by atoms with Crippen LogP contribution in [0.2, 0.25) is 18.1 Å². The van der Waals surface area contributed by atoms with Crippen molar-refractivity contribution >= 4 is 8.32 Å². The third-order valence-electron chi connectivity index (χ3n) is 3.99. The average molecular weight is 269 g/mol. The molecule has 0 amide bonds. The van der Waals surface area contributed by atoms with Gasteiger partial charge in [-0.1, -0.05) is 40.5 Å². The molecule has 0 heterocycles. The molecule has 0 bridgehead atoms. The molecule has 0 saturated heterocycles. The van der Waals surface area contributed by atoms with E-state index in [-0.39, 0.29) is 0 Å². The minimum Gasteiger partial charge on any atom is -0.414 e. The van der Waals surface area contributed by atoms with Crippen molar-refractivity contribution in [1.29, 1.82) is 0 Å². The van der Waals surface area contributed by atoms with Gasteiger partial charge in [0.1, 0.15) is 0 Å². The number of terminal acetylenes is 1. The molecule has 18 heavy (non-hydrogen) atoms. The lowest BCUT2D eigenvalue weighted by molar-refractivity contribution is 0.156. The molecule has 0 saturated carbocycles. The summed E-state index contributed by atoms with van der Waals surface area (Å²) < 4.78 is 6.52. The van der Waals surface area contributed by atoms with Crippen LogP contribution in [0, 0.1) is 12.3 Å². The summed E-state index contributed by atoms with van der Waals surface area (Å²) in [6, 6.07) is 0. The first-order valence-corrected chi connectivity index (χ1v) is 10.3. The molecule has 0 aromatic rings. The molecule has 0 aliphatic heterocycles. The van der Waals surface area contributed by atoms with Gasteiger partial charge in [-0.2, -0.15) is 0 Å². The zero-order chi connectivity index (χ0) is 14.2. The van der Waals surface area contributed by atoms with Crippen LogP contribution in [0.5, 0.6) is 0 Å².